The number of carboxylic acids is 2. The van der Waals surface area contributed by atoms with E-state index in [-0.39, 0.29) is 5.57 Å². The van der Waals surface area contributed by atoms with Crippen molar-refractivity contribution in [2.45, 2.75) is 59.3 Å². The zero-order valence-corrected chi connectivity index (χ0v) is 11.5. The van der Waals surface area contributed by atoms with Crippen molar-refractivity contribution >= 4 is 11.9 Å². The number of hydrogen-bond donors (Lipinski definition) is 2. The minimum atomic E-state index is -1.19. The van der Waals surface area contributed by atoms with Crippen molar-refractivity contribution < 1.29 is 19.8 Å². The lowest BCUT2D eigenvalue weighted by Crippen LogP contribution is -2.27. The van der Waals surface area contributed by atoms with Gasteiger partial charge in [0.1, 0.15) is 0 Å². The minimum absolute atomic E-state index is 0.0381. The van der Waals surface area contributed by atoms with Crippen molar-refractivity contribution in [2.24, 2.45) is 5.41 Å². The molecule has 0 unspecified atom stereocenters. The fraction of sp³-hybridized carbons (Fsp3) is 0.714. The van der Waals surface area contributed by atoms with Gasteiger partial charge in [-0.25, -0.2) is 9.59 Å². The van der Waals surface area contributed by atoms with Crippen molar-refractivity contribution in [1.29, 1.82) is 0 Å². The van der Waals surface area contributed by atoms with Crippen LogP contribution in [0.3, 0.4) is 0 Å². The first-order chi connectivity index (χ1) is 8.43. The van der Waals surface area contributed by atoms with Crippen LogP contribution >= 0.6 is 0 Å². The molecule has 0 aromatic rings. The Labute approximate surface area is 109 Å². The summed E-state index contributed by atoms with van der Waals surface area (Å²) in [4.78, 5) is 22.1. The van der Waals surface area contributed by atoms with E-state index in [1.54, 1.807) is 0 Å². The molecule has 0 aliphatic heterocycles. The highest BCUT2D eigenvalue weighted by Crippen LogP contribution is 2.40. The zero-order valence-electron chi connectivity index (χ0n) is 11.5. The molecule has 0 rings (SSSR count). The van der Waals surface area contributed by atoms with E-state index < -0.39 is 17.4 Å². The molecular weight excluding hydrogens is 232 g/mol. The van der Waals surface area contributed by atoms with Crippen LogP contribution in [0.1, 0.15) is 59.3 Å². The first-order valence-corrected chi connectivity index (χ1v) is 6.61. The Bertz CT molecular complexity index is 314. The maximum Gasteiger partial charge on any atom is 0.332 e. The smallest absolute Gasteiger partial charge is 0.332 e. The normalized spacial score (nSPS) is 12.5. The Hall–Kier alpha value is -1.32. The molecule has 0 bridgehead atoms. The molecule has 0 fully saturated rings. The molecule has 0 aromatic carbocycles. The summed E-state index contributed by atoms with van der Waals surface area (Å²) in [6, 6.07) is 0. The largest absolute Gasteiger partial charge is 0.478 e. The van der Waals surface area contributed by atoms with Crippen LogP contribution in [0.5, 0.6) is 0 Å². The molecule has 104 valence electrons. The summed E-state index contributed by atoms with van der Waals surface area (Å²) < 4.78 is 0. The van der Waals surface area contributed by atoms with E-state index in [0.717, 1.165) is 31.8 Å². The topological polar surface area (TPSA) is 74.6 Å². The van der Waals surface area contributed by atoms with Crippen LogP contribution in [-0.2, 0) is 9.59 Å². The number of carbonyl (C=O) groups is 2. The van der Waals surface area contributed by atoms with Gasteiger partial charge in [-0.2, -0.15) is 0 Å². The number of aliphatic carboxylic acids is 2. The Morgan fingerprint density at radius 3 is 1.94 bits per heavy atom. The lowest BCUT2D eigenvalue weighted by molar-refractivity contribution is -0.136. The maximum atomic E-state index is 11.3. The Morgan fingerprint density at radius 1 is 1.06 bits per heavy atom. The molecule has 4 heteroatoms. The molecule has 0 aliphatic rings. The van der Waals surface area contributed by atoms with Gasteiger partial charge in [0.2, 0.25) is 0 Å². The second-order valence-corrected chi connectivity index (χ2v) is 4.65. The van der Waals surface area contributed by atoms with Crippen LogP contribution in [0.25, 0.3) is 0 Å². The molecule has 0 atom stereocenters. The van der Waals surface area contributed by atoms with Gasteiger partial charge in [0.25, 0.3) is 0 Å². The van der Waals surface area contributed by atoms with Gasteiger partial charge in [0, 0.05) is 11.5 Å². The van der Waals surface area contributed by atoms with E-state index in [4.69, 9.17) is 5.11 Å². The third kappa shape index (κ3) is 4.51. The Morgan fingerprint density at radius 2 is 1.61 bits per heavy atom. The fourth-order valence-corrected chi connectivity index (χ4v) is 2.40. The summed E-state index contributed by atoms with van der Waals surface area (Å²) in [5, 5.41) is 18.1. The average Bonchev–Trinajstić information content (AvgIpc) is 2.32. The zero-order chi connectivity index (χ0) is 14.2. The second-order valence-electron chi connectivity index (χ2n) is 4.65. The van der Waals surface area contributed by atoms with E-state index in [9.17, 15) is 14.7 Å². The molecule has 0 aliphatic carbocycles. The maximum absolute atomic E-state index is 11.3. The monoisotopic (exact) mass is 256 g/mol. The van der Waals surface area contributed by atoms with Crippen LogP contribution < -0.4 is 0 Å². The number of carboxylic acid groups (broad SMARTS) is 2. The predicted octanol–water partition coefficient (Wildman–Crippen LogP) is 3.47. The highest BCUT2D eigenvalue weighted by molar-refractivity contribution is 5.95. The molecule has 0 radical (unpaired) electrons. The molecule has 2 N–H and O–H groups in total. The SMILES string of the molecule is CCCCCC(CC)(CC)/C(=C\C(=O)O)C(=O)O. The molecule has 18 heavy (non-hydrogen) atoms. The van der Waals surface area contributed by atoms with Gasteiger partial charge >= 0.3 is 11.9 Å². The highest BCUT2D eigenvalue weighted by Gasteiger charge is 2.34. The quantitative estimate of drug-likeness (QED) is 0.489. The van der Waals surface area contributed by atoms with Gasteiger partial charge in [0.05, 0.1) is 5.57 Å². The standard InChI is InChI=1S/C14H24O4/c1-4-7-8-9-14(5-2,6-3)11(13(17)18)10-12(15)16/h10H,4-9H2,1-3H3,(H,15,16)(H,17,18)/b11-10-. The van der Waals surface area contributed by atoms with Gasteiger partial charge in [-0.1, -0.05) is 40.0 Å². The summed E-state index contributed by atoms with van der Waals surface area (Å²) >= 11 is 0. The van der Waals surface area contributed by atoms with Crippen LogP contribution in [0.15, 0.2) is 11.6 Å². The van der Waals surface area contributed by atoms with E-state index in [2.05, 4.69) is 6.92 Å². The molecule has 4 nitrogen and oxygen atoms in total. The van der Waals surface area contributed by atoms with Gasteiger partial charge in [-0.3, -0.25) is 0 Å². The van der Waals surface area contributed by atoms with Gasteiger partial charge in [-0.05, 0) is 19.3 Å². The lowest BCUT2D eigenvalue weighted by atomic mass is 9.71. The third-order valence-corrected chi connectivity index (χ3v) is 3.68. The number of rotatable bonds is 9. The summed E-state index contributed by atoms with van der Waals surface area (Å²) in [7, 11) is 0. The third-order valence-electron chi connectivity index (χ3n) is 3.68. The molecule has 0 spiro atoms. The average molecular weight is 256 g/mol. The highest BCUT2D eigenvalue weighted by atomic mass is 16.4. The molecule has 0 saturated heterocycles. The van der Waals surface area contributed by atoms with E-state index >= 15 is 0 Å². The first kappa shape index (κ1) is 16.7. The van der Waals surface area contributed by atoms with Crippen molar-refractivity contribution in [3.05, 3.63) is 11.6 Å². The lowest BCUT2D eigenvalue weighted by Gasteiger charge is -2.32. The molecule has 0 amide bonds. The van der Waals surface area contributed by atoms with E-state index in [1.807, 2.05) is 13.8 Å². The van der Waals surface area contributed by atoms with Gasteiger partial charge in [0.15, 0.2) is 0 Å². The van der Waals surface area contributed by atoms with Crippen LogP contribution in [0.4, 0.5) is 0 Å². The number of hydrogen-bond acceptors (Lipinski definition) is 2. The summed E-state index contributed by atoms with van der Waals surface area (Å²) in [6.07, 6.45) is 5.94. The van der Waals surface area contributed by atoms with Crippen molar-refractivity contribution in [3.8, 4) is 0 Å². The van der Waals surface area contributed by atoms with E-state index in [1.165, 1.54) is 0 Å². The molecule has 0 aromatic heterocycles. The number of unbranched alkanes of at least 4 members (excludes halogenated alkanes) is 2. The van der Waals surface area contributed by atoms with Crippen molar-refractivity contribution in [2.75, 3.05) is 0 Å². The van der Waals surface area contributed by atoms with Crippen molar-refractivity contribution in [3.63, 3.8) is 0 Å². The Balaban J connectivity index is 5.24. The molecule has 0 heterocycles. The second kappa shape index (κ2) is 7.90. The van der Waals surface area contributed by atoms with Gasteiger partial charge < -0.3 is 10.2 Å². The van der Waals surface area contributed by atoms with Crippen LogP contribution in [-0.4, -0.2) is 22.2 Å². The van der Waals surface area contributed by atoms with E-state index in [0.29, 0.717) is 12.8 Å². The minimum Gasteiger partial charge on any atom is -0.478 e. The van der Waals surface area contributed by atoms with Gasteiger partial charge in [-0.15, -0.1) is 0 Å². The van der Waals surface area contributed by atoms with Crippen LogP contribution in [0, 0.1) is 5.41 Å². The van der Waals surface area contributed by atoms with Crippen molar-refractivity contribution in [1.82, 2.24) is 0 Å². The molecular formula is C14H24O4. The van der Waals surface area contributed by atoms with Crippen LogP contribution in [0.2, 0.25) is 0 Å². The predicted molar refractivity (Wildman–Crippen MR) is 70.5 cm³/mol. The molecule has 0 saturated carbocycles. The summed E-state index contributed by atoms with van der Waals surface area (Å²) in [5.74, 6) is -2.30. The Kier molecular flexibility index (Phi) is 7.32. The summed E-state index contributed by atoms with van der Waals surface area (Å²) in [5.41, 5.74) is -0.476. The summed E-state index contributed by atoms with van der Waals surface area (Å²) in [6.45, 7) is 5.94. The first-order valence-electron chi connectivity index (χ1n) is 6.61. The fourth-order valence-electron chi connectivity index (χ4n) is 2.40.